The van der Waals surface area contributed by atoms with Crippen molar-refractivity contribution >= 4 is 11.3 Å². The second-order valence-corrected chi connectivity index (χ2v) is 4.72. The van der Waals surface area contributed by atoms with Crippen LogP contribution in [0.1, 0.15) is 11.1 Å². The highest BCUT2D eigenvalue weighted by Crippen LogP contribution is 2.40. The highest BCUT2D eigenvalue weighted by atomic mass is 32.1. The van der Waals surface area contributed by atoms with Gasteiger partial charge in [0.1, 0.15) is 23.2 Å². The lowest BCUT2D eigenvalue weighted by atomic mass is 10.00. The minimum atomic E-state index is -0.503. The summed E-state index contributed by atoms with van der Waals surface area (Å²) in [7, 11) is 0. The summed E-state index contributed by atoms with van der Waals surface area (Å²) in [4.78, 5) is 1.01. The number of thiophene rings is 1. The van der Waals surface area contributed by atoms with E-state index in [1.807, 2.05) is 23.6 Å². The van der Waals surface area contributed by atoms with Crippen LogP contribution >= 0.6 is 11.3 Å². The third-order valence-corrected chi connectivity index (χ3v) is 3.74. The maximum atomic E-state index is 13.8. The second-order valence-electron chi connectivity index (χ2n) is 3.78. The van der Waals surface area contributed by atoms with Crippen molar-refractivity contribution in [3.8, 4) is 22.3 Å². The fourth-order valence-corrected chi connectivity index (χ4v) is 2.86. The maximum Gasteiger partial charge on any atom is 0.145 e. The lowest BCUT2D eigenvalue weighted by Gasteiger charge is -2.07. The predicted octanol–water partition coefficient (Wildman–Crippen LogP) is 3.36. The summed E-state index contributed by atoms with van der Waals surface area (Å²) in [5.41, 5.74) is 1.83. The number of halogens is 1. The van der Waals surface area contributed by atoms with Crippen LogP contribution < -0.4 is 4.74 Å². The molecule has 0 bridgehead atoms. The Morgan fingerprint density at radius 2 is 2.35 bits per heavy atom. The highest BCUT2D eigenvalue weighted by Gasteiger charge is 2.24. The standard InChI is InChI=1S/C13H8FNOS/c14-11-6-9(12-2-1-5-17-12)8-3-4-16-13(8)10(11)7-15/h1-2,5-6H,3-4H2. The molecule has 0 unspecified atom stereocenters. The third-order valence-electron chi connectivity index (χ3n) is 2.83. The number of nitriles is 1. The zero-order chi connectivity index (χ0) is 11.8. The zero-order valence-electron chi connectivity index (χ0n) is 8.87. The van der Waals surface area contributed by atoms with Crippen LogP contribution in [0.25, 0.3) is 10.4 Å². The molecule has 3 rings (SSSR count). The number of hydrogen-bond donors (Lipinski definition) is 0. The third kappa shape index (κ3) is 1.51. The molecule has 2 nitrogen and oxygen atoms in total. The van der Waals surface area contributed by atoms with Crippen LogP contribution in [0.4, 0.5) is 4.39 Å². The average Bonchev–Trinajstić information content (AvgIpc) is 2.99. The van der Waals surface area contributed by atoms with Crippen LogP contribution in [0.3, 0.4) is 0 Å². The van der Waals surface area contributed by atoms with Gasteiger partial charge in [0.15, 0.2) is 0 Å². The smallest absolute Gasteiger partial charge is 0.145 e. The van der Waals surface area contributed by atoms with Gasteiger partial charge in [-0.2, -0.15) is 5.26 Å². The first kappa shape index (κ1) is 10.3. The molecular formula is C13H8FNOS. The molecule has 4 heteroatoms. The first-order chi connectivity index (χ1) is 8.31. The van der Waals surface area contributed by atoms with E-state index in [9.17, 15) is 4.39 Å². The van der Waals surface area contributed by atoms with Crippen LogP contribution in [0, 0.1) is 17.1 Å². The Morgan fingerprint density at radius 1 is 1.47 bits per heavy atom. The molecule has 1 aromatic heterocycles. The molecule has 1 aliphatic rings. The van der Waals surface area contributed by atoms with Crippen LogP contribution in [0.2, 0.25) is 0 Å². The van der Waals surface area contributed by atoms with Crippen LogP contribution in [-0.2, 0) is 6.42 Å². The molecular weight excluding hydrogens is 237 g/mol. The molecule has 0 radical (unpaired) electrons. The predicted molar refractivity (Wildman–Crippen MR) is 63.6 cm³/mol. The van der Waals surface area contributed by atoms with Crippen molar-refractivity contribution in [1.29, 1.82) is 5.26 Å². The van der Waals surface area contributed by atoms with Gasteiger partial charge in [0.25, 0.3) is 0 Å². The first-order valence-electron chi connectivity index (χ1n) is 5.23. The molecule has 0 fully saturated rings. The Kier molecular flexibility index (Phi) is 2.34. The monoisotopic (exact) mass is 245 g/mol. The topological polar surface area (TPSA) is 33.0 Å². The lowest BCUT2D eigenvalue weighted by molar-refractivity contribution is 0.354. The van der Waals surface area contributed by atoms with Crippen molar-refractivity contribution in [3.63, 3.8) is 0 Å². The number of nitrogens with zero attached hydrogens (tertiary/aromatic N) is 1. The van der Waals surface area contributed by atoms with E-state index < -0.39 is 5.82 Å². The van der Waals surface area contributed by atoms with Crippen LogP contribution in [0.15, 0.2) is 23.6 Å². The van der Waals surface area contributed by atoms with Crippen molar-refractivity contribution < 1.29 is 9.13 Å². The number of benzene rings is 1. The summed E-state index contributed by atoms with van der Waals surface area (Å²) in [5.74, 6) is -0.0764. The minimum absolute atomic E-state index is 0.0257. The van der Waals surface area contributed by atoms with Gasteiger partial charge in [-0.05, 0) is 17.5 Å². The SMILES string of the molecule is N#Cc1c(F)cc(-c2cccs2)c2c1OCC2. The van der Waals surface area contributed by atoms with Crippen LogP contribution in [-0.4, -0.2) is 6.61 Å². The molecule has 0 saturated heterocycles. The maximum absolute atomic E-state index is 13.8. The van der Waals surface area contributed by atoms with Gasteiger partial charge in [0.2, 0.25) is 0 Å². The molecule has 17 heavy (non-hydrogen) atoms. The average molecular weight is 245 g/mol. The summed E-state index contributed by atoms with van der Waals surface area (Å²) < 4.78 is 19.2. The fourth-order valence-electron chi connectivity index (χ4n) is 2.09. The van der Waals surface area contributed by atoms with Gasteiger partial charge in [-0.1, -0.05) is 6.07 Å². The molecule has 2 heterocycles. The first-order valence-corrected chi connectivity index (χ1v) is 6.11. The quantitative estimate of drug-likeness (QED) is 0.771. The summed E-state index contributed by atoms with van der Waals surface area (Å²) in [6.07, 6.45) is 0.734. The molecule has 0 saturated carbocycles. The van der Waals surface area contributed by atoms with Crippen LogP contribution in [0.5, 0.6) is 5.75 Å². The van der Waals surface area contributed by atoms with Crippen molar-refractivity contribution in [2.75, 3.05) is 6.61 Å². The summed E-state index contributed by atoms with van der Waals surface area (Å²) in [5, 5.41) is 10.9. The van der Waals surface area contributed by atoms with Crippen molar-refractivity contribution in [3.05, 3.63) is 40.5 Å². The van der Waals surface area contributed by atoms with E-state index in [1.54, 1.807) is 11.3 Å². The number of rotatable bonds is 1. The van der Waals surface area contributed by atoms with Gasteiger partial charge in [-0.3, -0.25) is 0 Å². The van der Waals surface area contributed by atoms with E-state index >= 15 is 0 Å². The van der Waals surface area contributed by atoms with E-state index in [4.69, 9.17) is 10.00 Å². The molecule has 0 N–H and O–H groups in total. The molecule has 0 atom stereocenters. The van der Waals surface area contributed by atoms with Crippen molar-refractivity contribution in [2.45, 2.75) is 6.42 Å². The number of fused-ring (bicyclic) bond motifs is 1. The van der Waals surface area contributed by atoms with Gasteiger partial charge in [0, 0.05) is 22.4 Å². The van der Waals surface area contributed by atoms with Gasteiger partial charge >= 0.3 is 0 Å². The van der Waals surface area contributed by atoms with Gasteiger partial charge in [-0.15, -0.1) is 11.3 Å². The molecule has 0 amide bonds. The van der Waals surface area contributed by atoms with E-state index in [0.29, 0.717) is 12.4 Å². The van der Waals surface area contributed by atoms with E-state index in [0.717, 1.165) is 22.4 Å². The van der Waals surface area contributed by atoms with Gasteiger partial charge < -0.3 is 4.74 Å². The summed E-state index contributed by atoms with van der Waals surface area (Å²) >= 11 is 1.56. The Morgan fingerprint density at radius 3 is 3.06 bits per heavy atom. The molecule has 2 aromatic rings. The largest absolute Gasteiger partial charge is 0.491 e. The second kappa shape index (κ2) is 3.86. The molecule has 0 spiro atoms. The van der Waals surface area contributed by atoms with E-state index in [-0.39, 0.29) is 5.56 Å². The number of hydrogen-bond acceptors (Lipinski definition) is 3. The normalized spacial score (nSPS) is 12.9. The Bertz CT molecular complexity index is 613. The molecule has 1 aromatic carbocycles. The van der Waals surface area contributed by atoms with Crippen molar-refractivity contribution in [1.82, 2.24) is 0 Å². The number of ether oxygens (including phenoxy) is 1. The summed E-state index contributed by atoms with van der Waals surface area (Å²) in [6.45, 7) is 0.520. The molecule has 0 aliphatic carbocycles. The Balaban J connectivity index is 2.29. The van der Waals surface area contributed by atoms with E-state index in [2.05, 4.69) is 0 Å². The zero-order valence-corrected chi connectivity index (χ0v) is 9.68. The Labute approximate surface area is 102 Å². The van der Waals surface area contributed by atoms with E-state index in [1.165, 1.54) is 6.07 Å². The van der Waals surface area contributed by atoms with Gasteiger partial charge in [0.05, 0.1) is 6.61 Å². The molecule has 84 valence electrons. The Hall–Kier alpha value is -1.86. The minimum Gasteiger partial charge on any atom is -0.491 e. The van der Waals surface area contributed by atoms with Crippen molar-refractivity contribution in [2.24, 2.45) is 0 Å². The van der Waals surface area contributed by atoms with Gasteiger partial charge in [-0.25, -0.2) is 4.39 Å². The molecule has 1 aliphatic heterocycles. The highest BCUT2D eigenvalue weighted by molar-refractivity contribution is 7.13. The summed E-state index contributed by atoms with van der Waals surface area (Å²) in [6, 6.07) is 7.19. The lowest BCUT2D eigenvalue weighted by Crippen LogP contribution is -1.93. The fraction of sp³-hybridized carbons (Fsp3) is 0.154.